The number of nitrogens with zero attached hydrogens (tertiary/aromatic N) is 3. The van der Waals surface area contributed by atoms with E-state index in [0.717, 1.165) is 30.2 Å². The molecule has 1 aliphatic heterocycles. The van der Waals surface area contributed by atoms with Gasteiger partial charge in [0.25, 0.3) is 0 Å². The minimum Gasteiger partial charge on any atom is -0.378 e. The number of rotatable bonds is 8. The zero-order valence-corrected chi connectivity index (χ0v) is 16.8. The number of benzene rings is 1. The molecule has 0 bridgehead atoms. The van der Waals surface area contributed by atoms with E-state index in [1.165, 1.54) is 0 Å². The van der Waals surface area contributed by atoms with E-state index in [0.29, 0.717) is 50.1 Å². The standard InChI is InChI=1S/C20H26ClN5O2/c1-15-13-18(26-9-11-28-12-10-26)25-20(24-15)23-8-7-22-19(27)6-5-16-3-2-4-17(21)14-16/h2-4,13-14H,5-12H2,1H3,(H,22,27)(H,23,24,25). The van der Waals surface area contributed by atoms with Crippen molar-refractivity contribution in [1.82, 2.24) is 15.3 Å². The van der Waals surface area contributed by atoms with Crippen LogP contribution >= 0.6 is 11.6 Å². The van der Waals surface area contributed by atoms with Gasteiger partial charge < -0.3 is 20.3 Å². The number of nitrogens with one attached hydrogen (secondary N) is 2. The highest BCUT2D eigenvalue weighted by Crippen LogP contribution is 2.16. The minimum absolute atomic E-state index is 0.0148. The van der Waals surface area contributed by atoms with Crippen LogP contribution in [0.2, 0.25) is 5.02 Å². The highest BCUT2D eigenvalue weighted by molar-refractivity contribution is 6.30. The molecule has 28 heavy (non-hydrogen) atoms. The molecule has 1 aromatic heterocycles. The SMILES string of the molecule is Cc1cc(N2CCOCC2)nc(NCCNC(=O)CCc2cccc(Cl)c2)n1. The molecular weight excluding hydrogens is 378 g/mol. The first-order valence-corrected chi connectivity index (χ1v) is 9.91. The summed E-state index contributed by atoms with van der Waals surface area (Å²) in [5.74, 6) is 1.50. The molecule has 1 amide bonds. The maximum absolute atomic E-state index is 12.0. The summed E-state index contributed by atoms with van der Waals surface area (Å²) >= 11 is 5.96. The number of ether oxygens (including phenoxy) is 1. The van der Waals surface area contributed by atoms with E-state index >= 15 is 0 Å². The summed E-state index contributed by atoms with van der Waals surface area (Å²) in [5.41, 5.74) is 1.97. The smallest absolute Gasteiger partial charge is 0.224 e. The Kier molecular flexibility index (Phi) is 7.45. The van der Waals surface area contributed by atoms with Crippen LogP contribution in [0.5, 0.6) is 0 Å². The number of amides is 1. The lowest BCUT2D eigenvalue weighted by molar-refractivity contribution is -0.120. The van der Waals surface area contributed by atoms with E-state index in [-0.39, 0.29) is 5.91 Å². The van der Waals surface area contributed by atoms with Crippen LogP contribution < -0.4 is 15.5 Å². The second-order valence-corrected chi connectivity index (χ2v) is 7.13. The monoisotopic (exact) mass is 403 g/mol. The molecule has 0 atom stereocenters. The van der Waals surface area contributed by atoms with E-state index in [2.05, 4.69) is 25.5 Å². The van der Waals surface area contributed by atoms with Gasteiger partial charge in [-0.05, 0) is 31.0 Å². The Hall–Kier alpha value is -2.38. The lowest BCUT2D eigenvalue weighted by Crippen LogP contribution is -2.37. The zero-order valence-electron chi connectivity index (χ0n) is 16.1. The Morgan fingerprint density at radius 2 is 2.04 bits per heavy atom. The minimum atomic E-state index is 0.0148. The fourth-order valence-electron chi connectivity index (χ4n) is 3.00. The van der Waals surface area contributed by atoms with Crippen LogP contribution in [0, 0.1) is 6.92 Å². The average molecular weight is 404 g/mol. The number of hydrogen-bond acceptors (Lipinski definition) is 6. The van der Waals surface area contributed by atoms with Gasteiger partial charge in [0.2, 0.25) is 11.9 Å². The van der Waals surface area contributed by atoms with Gasteiger partial charge in [0, 0.05) is 49.4 Å². The van der Waals surface area contributed by atoms with Crippen LogP contribution in [0.15, 0.2) is 30.3 Å². The first-order chi connectivity index (χ1) is 13.6. The zero-order chi connectivity index (χ0) is 19.8. The second-order valence-electron chi connectivity index (χ2n) is 6.70. The molecule has 2 N–H and O–H groups in total. The number of morpholine rings is 1. The van der Waals surface area contributed by atoms with Gasteiger partial charge in [-0.1, -0.05) is 23.7 Å². The molecule has 2 aromatic rings. The number of aryl methyl sites for hydroxylation is 2. The van der Waals surface area contributed by atoms with Crippen molar-refractivity contribution < 1.29 is 9.53 Å². The highest BCUT2D eigenvalue weighted by Gasteiger charge is 2.14. The highest BCUT2D eigenvalue weighted by atomic mass is 35.5. The number of anilines is 2. The van der Waals surface area contributed by atoms with Crippen LogP contribution in [0.3, 0.4) is 0 Å². The quantitative estimate of drug-likeness (QED) is 0.659. The van der Waals surface area contributed by atoms with Crippen LogP contribution in [0.25, 0.3) is 0 Å². The van der Waals surface area contributed by atoms with Gasteiger partial charge in [-0.2, -0.15) is 4.98 Å². The molecule has 1 fully saturated rings. The molecule has 1 aliphatic rings. The summed E-state index contributed by atoms with van der Waals surface area (Å²) in [6.45, 7) is 6.12. The number of aromatic nitrogens is 2. The van der Waals surface area contributed by atoms with Gasteiger partial charge in [-0.25, -0.2) is 4.98 Å². The Bertz CT molecular complexity index is 796. The largest absolute Gasteiger partial charge is 0.378 e. The summed E-state index contributed by atoms with van der Waals surface area (Å²) in [7, 11) is 0. The molecule has 0 spiro atoms. The Morgan fingerprint density at radius 3 is 2.82 bits per heavy atom. The van der Waals surface area contributed by atoms with Crippen molar-refractivity contribution in [1.29, 1.82) is 0 Å². The molecule has 3 rings (SSSR count). The lowest BCUT2D eigenvalue weighted by Gasteiger charge is -2.28. The van der Waals surface area contributed by atoms with Gasteiger partial charge in [-0.15, -0.1) is 0 Å². The van der Waals surface area contributed by atoms with Crippen molar-refractivity contribution in [3.05, 3.63) is 46.6 Å². The van der Waals surface area contributed by atoms with Gasteiger partial charge in [0.05, 0.1) is 13.2 Å². The van der Waals surface area contributed by atoms with E-state index < -0.39 is 0 Å². The van der Waals surface area contributed by atoms with Gasteiger partial charge in [0.1, 0.15) is 5.82 Å². The molecule has 7 nitrogen and oxygen atoms in total. The van der Waals surface area contributed by atoms with Crippen molar-refractivity contribution >= 4 is 29.3 Å². The van der Waals surface area contributed by atoms with Gasteiger partial charge >= 0.3 is 0 Å². The van der Waals surface area contributed by atoms with Gasteiger partial charge in [-0.3, -0.25) is 4.79 Å². The molecule has 0 aliphatic carbocycles. The van der Waals surface area contributed by atoms with Crippen LogP contribution in [0.1, 0.15) is 17.7 Å². The lowest BCUT2D eigenvalue weighted by atomic mass is 10.1. The van der Waals surface area contributed by atoms with Crippen LogP contribution in [0.4, 0.5) is 11.8 Å². The van der Waals surface area contributed by atoms with Crippen molar-refractivity contribution in [2.75, 3.05) is 49.6 Å². The topological polar surface area (TPSA) is 79.4 Å². The Labute approximate surface area is 170 Å². The maximum Gasteiger partial charge on any atom is 0.224 e. The fraction of sp³-hybridized carbons (Fsp3) is 0.450. The predicted molar refractivity (Wildman–Crippen MR) is 111 cm³/mol. The molecule has 0 unspecified atom stereocenters. The summed E-state index contributed by atoms with van der Waals surface area (Å²) in [5, 5.41) is 6.79. The third-order valence-corrected chi connectivity index (χ3v) is 4.67. The predicted octanol–water partition coefficient (Wildman–Crippen LogP) is 2.44. The van der Waals surface area contributed by atoms with Crippen molar-refractivity contribution in [3.63, 3.8) is 0 Å². The van der Waals surface area contributed by atoms with Crippen molar-refractivity contribution in [3.8, 4) is 0 Å². The molecule has 1 saturated heterocycles. The van der Waals surface area contributed by atoms with E-state index in [4.69, 9.17) is 16.3 Å². The van der Waals surface area contributed by atoms with Crippen LogP contribution in [-0.2, 0) is 16.0 Å². The summed E-state index contributed by atoms with van der Waals surface area (Å²) in [6.07, 6.45) is 1.10. The molecule has 2 heterocycles. The first kappa shape index (κ1) is 20.4. The molecule has 0 saturated carbocycles. The molecule has 1 aromatic carbocycles. The third kappa shape index (κ3) is 6.35. The maximum atomic E-state index is 12.0. The van der Waals surface area contributed by atoms with E-state index in [1.807, 2.05) is 37.3 Å². The summed E-state index contributed by atoms with van der Waals surface area (Å²) in [4.78, 5) is 23.2. The van der Waals surface area contributed by atoms with E-state index in [1.54, 1.807) is 0 Å². The normalized spacial score (nSPS) is 14.0. The second kappa shape index (κ2) is 10.2. The molecular formula is C20H26ClN5O2. The van der Waals surface area contributed by atoms with Crippen LogP contribution in [-0.4, -0.2) is 55.3 Å². The number of carbonyl (C=O) groups is 1. The third-order valence-electron chi connectivity index (χ3n) is 4.44. The van der Waals surface area contributed by atoms with Crippen molar-refractivity contribution in [2.24, 2.45) is 0 Å². The molecule has 8 heteroatoms. The first-order valence-electron chi connectivity index (χ1n) is 9.53. The fourth-order valence-corrected chi connectivity index (χ4v) is 3.21. The summed E-state index contributed by atoms with van der Waals surface area (Å²) < 4.78 is 5.39. The van der Waals surface area contributed by atoms with E-state index in [9.17, 15) is 4.79 Å². The number of carbonyl (C=O) groups excluding carboxylic acids is 1. The Balaban J connectivity index is 1.41. The Morgan fingerprint density at radius 1 is 1.21 bits per heavy atom. The number of halogens is 1. The molecule has 150 valence electrons. The summed E-state index contributed by atoms with van der Waals surface area (Å²) in [6, 6.07) is 9.56. The average Bonchev–Trinajstić information content (AvgIpc) is 2.70. The van der Waals surface area contributed by atoms with Gasteiger partial charge in [0.15, 0.2) is 0 Å². The number of hydrogen-bond donors (Lipinski definition) is 2. The van der Waals surface area contributed by atoms with Crippen molar-refractivity contribution in [2.45, 2.75) is 19.8 Å². The molecule has 0 radical (unpaired) electrons.